The van der Waals surface area contributed by atoms with Gasteiger partial charge in [-0.1, -0.05) is 32.9 Å². The molecule has 1 aliphatic rings. The van der Waals surface area contributed by atoms with E-state index in [1.54, 1.807) is 0 Å². The van der Waals surface area contributed by atoms with Gasteiger partial charge in [-0.05, 0) is 61.7 Å². The first-order valence-electron chi connectivity index (χ1n) is 6.53. The summed E-state index contributed by atoms with van der Waals surface area (Å²) >= 11 is 0. The van der Waals surface area contributed by atoms with Gasteiger partial charge in [-0.25, -0.2) is 0 Å². The Balaban J connectivity index is 2.91. The van der Waals surface area contributed by atoms with Gasteiger partial charge in [0.15, 0.2) is 0 Å². The van der Waals surface area contributed by atoms with Crippen LogP contribution in [0.25, 0.3) is 0 Å². The van der Waals surface area contributed by atoms with Crippen molar-refractivity contribution in [2.75, 3.05) is 0 Å². The van der Waals surface area contributed by atoms with E-state index in [2.05, 4.69) is 40.3 Å². The number of hydrogen-bond donors (Lipinski definition) is 1. The molecule has 0 amide bonds. The van der Waals surface area contributed by atoms with Gasteiger partial charge in [0.2, 0.25) is 0 Å². The van der Waals surface area contributed by atoms with Gasteiger partial charge in [-0.2, -0.15) is 0 Å². The summed E-state index contributed by atoms with van der Waals surface area (Å²) in [6.07, 6.45) is 5.80. The Morgan fingerprint density at radius 1 is 1.41 bits per heavy atom. The average Bonchev–Trinajstić information content (AvgIpc) is 2.19. The molecular formula is C16H27N. The monoisotopic (exact) mass is 233 g/mol. The fourth-order valence-corrected chi connectivity index (χ4v) is 2.33. The van der Waals surface area contributed by atoms with E-state index in [0.29, 0.717) is 5.41 Å². The molecule has 0 unspecified atom stereocenters. The van der Waals surface area contributed by atoms with Crippen LogP contribution in [-0.4, -0.2) is 0 Å². The van der Waals surface area contributed by atoms with Crippen LogP contribution in [0.3, 0.4) is 0 Å². The number of nitrogens with two attached hydrogens (primary N) is 1. The molecule has 0 radical (unpaired) electrons. The number of allylic oxidation sites excluding steroid dienone is 4. The molecule has 1 aliphatic carbocycles. The molecule has 2 N–H and O–H groups in total. The molecule has 1 heteroatoms. The highest BCUT2D eigenvalue weighted by atomic mass is 14.6. The second-order valence-electron chi connectivity index (χ2n) is 6.49. The predicted octanol–water partition coefficient (Wildman–Crippen LogP) is 4.57. The molecule has 1 rings (SSSR count). The topological polar surface area (TPSA) is 26.0 Å². The Bertz CT molecular complexity index is 363. The molecular weight excluding hydrogens is 206 g/mol. The minimum atomic E-state index is 0.387. The molecule has 0 aromatic carbocycles. The molecule has 0 aliphatic heterocycles. The zero-order chi connectivity index (χ0) is 13.2. The Labute approximate surface area is 106 Å². The van der Waals surface area contributed by atoms with Gasteiger partial charge in [0.1, 0.15) is 0 Å². The number of hydrogen-bond acceptors (Lipinski definition) is 1. The van der Waals surface area contributed by atoms with Gasteiger partial charge in [0.25, 0.3) is 0 Å². The van der Waals surface area contributed by atoms with Crippen LogP contribution in [0.1, 0.15) is 53.9 Å². The van der Waals surface area contributed by atoms with E-state index < -0.39 is 0 Å². The van der Waals surface area contributed by atoms with Gasteiger partial charge in [0, 0.05) is 5.70 Å². The summed E-state index contributed by atoms with van der Waals surface area (Å²) in [6, 6.07) is 0. The average molecular weight is 233 g/mol. The molecule has 0 saturated carbocycles. The van der Waals surface area contributed by atoms with Crippen molar-refractivity contribution in [1.29, 1.82) is 0 Å². The van der Waals surface area contributed by atoms with Gasteiger partial charge < -0.3 is 5.73 Å². The number of rotatable bonds is 2. The fourth-order valence-electron chi connectivity index (χ4n) is 2.33. The Morgan fingerprint density at radius 3 is 2.47 bits per heavy atom. The van der Waals surface area contributed by atoms with E-state index in [1.807, 2.05) is 6.92 Å². The summed E-state index contributed by atoms with van der Waals surface area (Å²) in [5.41, 5.74) is 11.1. The fraction of sp³-hybridized carbons (Fsp3) is 0.625. The van der Waals surface area contributed by atoms with E-state index in [-0.39, 0.29) is 0 Å². The smallest absolute Gasteiger partial charge is 0.0340 e. The molecule has 0 bridgehead atoms. The molecule has 1 atom stereocenters. The van der Waals surface area contributed by atoms with Crippen LogP contribution >= 0.6 is 0 Å². The largest absolute Gasteiger partial charge is 0.399 e. The summed E-state index contributed by atoms with van der Waals surface area (Å²) in [4.78, 5) is 0. The Morgan fingerprint density at radius 2 is 2.00 bits per heavy atom. The van der Waals surface area contributed by atoms with Crippen LogP contribution in [0.5, 0.6) is 0 Å². The van der Waals surface area contributed by atoms with Gasteiger partial charge in [0.05, 0.1) is 0 Å². The molecule has 0 aromatic heterocycles. The molecule has 0 heterocycles. The molecule has 1 nitrogen and oxygen atoms in total. The van der Waals surface area contributed by atoms with E-state index in [4.69, 9.17) is 5.73 Å². The van der Waals surface area contributed by atoms with Gasteiger partial charge >= 0.3 is 0 Å². The first kappa shape index (κ1) is 14.1. The molecule has 96 valence electrons. The summed E-state index contributed by atoms with van der Waals surface area (Å²) in [7, 11) is 0. The first-order chi connectivity index (χ1) is 7.71. The highest BCUT2D eigenvalue weighted by Gasteiger charge is 2.28. The van der Waals surface area contributed by atoms with Gasteiger partial charge in [-0.3, -0.25) is 0 Å². The summed E-state index contributed by atoms with van der Waals surface area (Å²) in [6.45, 7) is 15.1. The molecule has 0 fully saturated rings. The maximum atomic E-state index is 5.99. The van der Waals surface area contributed by atoms with E-state index in [1.165, 1.54) is 24.0 Å². The minimum Gasteiger partial charge on any atom is -0.399 e. The van der Waals surface area contributed by atoms with Gasteiger partial charge in [-0.15, -0.1) is 0 Å². The van der Waals surface area contributed by atoms with Crippen LogP contribution in [0.4, 0.5) is 0 Å². The van der Waals surface area contributed by atoms with Crippen LogP contribution < -0.4 is 5.73 Å². The maximum absolute atomic E-state index is 5.99. The second kappa shape index (κ2) is 5.12. The quantitative estimate of drug-likeness (QED) is 0.695. The van der Waals surface area contributed by atoms with Crippen molar-refractivity contribution in [2.45, 2.75) is 53.9 Å². The maximum Gasteiger partial charge on any atom is 0.0340 e. The van der Waals surface area contributed by atoms with Crippen molar-refractivity contribution >= 4 is 0 Å². The Kier molecular flexibility index (Phi) is 4.24. The minimum absolute atomic E-state index is 0.387. The van der Waals surface area contributed by atoms with E-state index in [0.717, 1.165) is 23.6 Å². The zero-order valence-corrected chi connectivity index (χ0v) is 12.1. The normalized spacial score (nSPS) is 22.9. The molecule has 17 heavy (non-hydrogen) atoms. The summed E-state index contributed by atoms with van der Waals surface area (Å²) in [5, 5.41) is 0. The van der Waals surface area contributed by atoms with Crippen molar-refractivity contribution in [3.63, 3.8) is 0 Å². The molecule has 0 spiro atoms. The lowest BCUT2D eigenvalue weighted by Gasteiger charge is -2.35. The lowest BCUT2D eigenvalue weighted by Crippen LogP contribution is -2.23. The van der Waals surface area contributed by atoms with Crippen LogP contribution in [0.2, 0.25) is 0 Å². The highest BCUT2D eigenvalue weighted by molar-refractivity contribution is 5.36. The van der Waals surface area contributed by atoms with Crippen LogP contribution in [0, 0.1) is 11.3 Å². The third-order valence-corrected chi connectivity index (χ3v) is 3.93. The van der Waals surface area contributed by atoms with Crippen LogP contribution in [0.15, 0.2) is 35.1 Å². The lowest BCUT2D eigenvalue weighted by atomic mass is 9.70. The van der Waals surface area contributed by atoms with Crippen molar-refractivity contribution < 1.29 is 0 Å². The summed E-state index contributed by atoms with van der Waals surface area (Å²) < 4.78 is 0. The lowest BCUT2D eigenvalue weighted by molar-refractivity contribution is 0.217. The van der Waals surface area contributed by atoms with Crippen molar-refractivity contribution in [3.8, 4) is 0 Å². The first-order valence-corrected chi connectivity index (χ1v) is 6.53. The van der Waals surface area contributed by atoms with Crippen molar-refractivity contribution in [1.82, 2.24) is 0 Å². The van der Waals surface area contributed by atoms with E-state index in [9.17, 15) is 0 Å². The molecule has 0 aromatic rings. The van der Waals surface area contributed by atoms with Crippen molar-refractivity contribution in [2.24, 2.45) is 17.1 Å². The standard InChI is InChI=1S/C16H27N/c1-11(2)15(17)10-13-9-14(16(4,5)6)8-7-12(13)3/h10,14H,1,7-9,17H2,2-6H3/b15-10+/t14-/m0/s1. The Hall–Kier alpha value is -0.980. The summed E-state index contributed by atoms with van der Waals surface area (Å²) in [5.74, 6) is 0.760. The predicted molar refractivity (Wildman–Crippen MR) is 76.6 cm³/mol. The zero-order valence-electron chi connectivity index (χ0n) is 12.1. The molecule has 0 saturated heterocycles. The second-order valence-corrected chi connectivity index (χ2v) is 6.49. The van der Waals surface area contributed by atoms with E-state index >= 15 is 0 Å². The van der Waals surface area contributed by atoms with Crippen LogP contribution in [-0.2, 0) is 0 Å². The van der Waals surface area contributed by atoms with Crippen molar-refractivity contribution in [3.05, 3.63) is 35.1 Å². The SMILES string of the molecule is C=C(C)/C(N)=C\C1=C(C)CC[C@H](C(C)(C)C)C1. The third-order valence-electron chi connectivity index (χ3n) is 3.93. The third kappa shape index (κ3) is 3.76. The highest BCUT2D eigenvalue weighted by Crippen LogP contribution is 2.40.